The molecule has 4 nitrogen and oxygen atoms in total. The van der Waals surface area contributed by atoms with Crippen LogP contribution in [0.15, 0.2) is 22.3 Å². The van der Waals surface area contributed by atoms with E-state index in [0.29, 0.717) is 0 Å². The van der Waals surface area contributed by atoms with Gasteiger partial charge in [0, 0.05) is 0 Å². The molecule has 0 saturated carbocycles. The molecule has 0 rings (SSSR count). The van der Waals surface area contributed by atoms with Crippen molar-refractivity contribution in [2.24, 2.45) is 0 Å². The number of aliphatic hydroxyl groups excluding tert-OH is 1. The topological polar surface area (TPSA) is 57.6 Å². The molecule has 0 radical (unpaired) electrons. The van der Waals surface area contributed by atoms with E-state index in [1.165, 1.54) is 14.1 Å². The highest BCUT2D eigenvalue weighted by molar-refractivity contribution is 7.96. The molecule has 0 aliphatic rings. The van der Waals surface area contributed by atoms with Crippen LogP contribution in [0.2, 0.25) is 0 Å². The molecule has 8 heteroatoms. The smallest absolute Gasteiger partial charge is 0.362 e. The summed E-state index contributed by atoms with van der Waals surface area (Å²) in [7, 11) is -2.47. The number of allylic oxidation sites excluding steroid dienone is 2. The van der Waals surface area contributed by atoms with Crippen LogP contribution in [0.4, 0.5) is 8.78 Å². The van der Waals surface area contributed by atoms with Gasteiger partial charge in [-0.15, -0.1) is 0 Å². The van der Waals surface area contributed by atoms with E-state index in [2.05, 4.69) is 6.58 Å². The Kier molecular flexibility index (Phi) is 5.12. The molecule has 0 bridgehead atoms. The van der Waals surface area contributed by atoms with E-state index in [1.807, 2.05) is 0 Å². The molecule has 0 aliphatic heterocycles. The van der Waals surface area contributed by atoms with Gasteiger partial charge in [0.25, 0.3) is 0 Å². The molecule has 0 fully saturated rings. The predicted octanol–water partition coefficient (Wildman–Crippen LogP) is 2.10. The van der Waals surface area contributed by atoms with Crippen molar-refractivity contribution < 1.29 is 22.3 Å². The number of rotatable bonds is 5. The van der Waals surface area contributed by atoms with E-state index in [0.717, 1.165) is 11.8 Å². The quantitative estimate of drug-likeness (QED) is 0.622. The average Bonchev–Trinajstić information content (AvgIpc) is 1.97. The van der Waals surface area contributed by atoms with Crippen LogP contribution >= 0.6 is 11.6 Å². The van der Waals surface area contributed by atoms with Gasteiger partial charge in [-0.3, -0.25) is 0 Å². The van der Waals surface area contributed by atoms with E-state index >= 15 is 0 Å². The molecule has 0 aromatic heterocycles. The van der Waals surface area contributed by atoms with Crippen molar-refractivity contribution in [3.05, 3.63) is 22.3 Å². The minimum absolute atomic E-state index is 0.650. The van der Waals surface area contributed by atoms with Crippen LogP contribution in [0.5, 0.6) is 0 Å². The van der Waals surface area contributed by atoms with E-state index in [4.69, 9.17) is 16.7 Å². The molecule has 0 aliphatic carbocycles. The average molecular weight is 290 g/mol. The van der Waals surface area contributed by atoms with Crippen LogP contribution < -0.4 is 0 Å². The van der Waals surface area contributed by atoms with Gasteiger partial charge in [-0.25, -0.2) is 8.42 Å². The van der Waals surface area contributed by atoms with Crippen molar-refractivity contribution >= 4 is 21.4 Å². The number of alkyl halides is 2. The first-order valence-corrected chi connectivity index (χ1v) is 6.31. The maximum Gasteiger partial charge on any atom is 0.362 e. The van der Waals surface area contributed by atoms with Gasteiger partial charge in [-0.1, -0.05) is 18.2 Å². The molecule has 0 atom stereocenters. The Bertz CT molecular complexity index is 439. The lowest BCUT2D eigenvalue weighted by Gasteiger charge is -2.22. The normalized spacial score (nSPS) is 14.8. The highest BCUT2D eigenvalue weighted by atomic mass is 35.5. The summed E-state index contributed by atoms with van der Waals surface area (Å²) in [4.78, 5) is -0.0233. The van der Waals surface area contributed by atoms with Crippen LogP contribution in [0.3, 0.4) is 0 Å². The van der Waals surface area contributed by atoms with Gasteiger partial charge >= 0.3 is 5.25 Å². The molecule has 0 amide bonds. The lowest BCUT2D eigenvalue weighted by Crippen LogP contribution is -2.40. The third-order valence-corrected chi connectivity index (χ3v) is 4.03. The SMILES string of the molecule is C=C(Cl)/C(=C(\C)O)S(=O)(=O)C(F)(F)CN(C)C. The predicted molar refractivity (Wildman–Crippen MR) is 62.7 cm³/mol. The Labute approximate surface area is 104 Å². The summed E-state index contributed by atoms with van der Waals surface area (Å²) in [6.45, 7) is 2.99. The zero-order chi connectivity index (χ0) is 14.0. The van der Waals surface area contributed by atoms with E-state index in [-0.39, 0.29) is 0 Å². The maximum atomic E-state index is 13.5. The minimum Gasteiger partial charge on any atom is -0.511 e. The van der Waals surface area contributed by atoms with Crippen molar-refractivity contribution in [1.82, 2.24) is 4.90 Å². The molecule has 0 aromatic carbocycles. The summed E-state index contributed by atoms with van der Waals surface area (Å²) in [5.74, 6) is -0.816. The first-order chi connectivity index (χ1) is 7.43. The third kappa shape index (κ3) is 3.65. The molecular formula is C9H14ClF2NO3S. The largest absolute Gasteiger partial charge is 0.511 e. The van der Waals surface area contributed by atoms with Crippen LogP contribution in [-0.4, -0.2) is 44.3 Å². The highest BCUT2D eigenvalue weighted by Crippen LogP contribution is 2.34. The van der Waals surface area contributed by atoms with Crippen molar-refractivity contribution in [2.75, 3.05) is 20.6 Å². The fraction of sp³-hybridized carbons (Fsp3) is 0.556. The lowest BCUT2D eigenvalue weighted by atomic mass is 10.5. The Morgan fingerprint density at radius 3 is 2.12 bits per heavy atom. The molecule has 17 heavy (non-hydrogen) atoms. The zero-order valence-corrected chi connectivity index (χ0v) is 11.2. The number of hydrogen-bond acceptors (Lipinski definition) is 4. The van der Waals surface area contributed by atoms with E-state index in [1.54, 1.807) is 0 Å². The van der Waals surface area contributed by atoms with Crippen molar-refractivity contribution in [3.63, 3.8) is 0 Å². The summed E-state index contributed by atoms with van der Waals surface area (Å²) in [5, 5.41) is 4.41. The molecule has 0 saturated heterocycles. The van der Waals surface area contributed by atoms with Gasteiger partial charge < -0.3 is 10.0 Å². The molecule has 100 valence electrons. The second-order valence-electron chi connectivity index (χ2n) is 3.70. The maximum absolute atomic E-state index is 13.5. The molecule has 0 heterocycles. The van der Waals surface area contributed by atoms with Gasteiger partial charge in [0.2, 0.25) is 9.84 Å². The van der Waals surface area contributed by atoms with E-state index < -0.39 is 37.3 Å². The lowest BCUT2D eigenvalue weighted by molar-refractivity contribution is 0.0622. The van der Waals surface area contributed by atoms with Gasteiger partial charge in [0.1, 0.15) is 10.7 Å². The number of hydrogen-bond donors (Lipinski definition) is 1. The van der Waals surface area contributed by atoms with E-state index in [9.17, 15) is 17.2 Å². The minimum atomic E-state index is -5.07. The summed E-state index contributed by atoms with van der Waals surface area (Å²) in [6.07, 6.45) is 0. The Morgan fingerprint density at radius 2 is 1.88 bits per heavy atom. The fourth-order valence-electron chi connectivity index (χ4n) is 1.14. The number of nitrogens with zero attached hydrogens (tertiary/aromatic N) is 1. The van der Waals surface area contributed by atoms with Crippen LogP contribution in [0, 0.1) is 0 Å². The van der Waals surface area contributed by atoms with Crippen molar-refractivity contribution in [1.29, 1.82) is 0 Å². The van der Waals surface area contributed by atoms with Gasteiger partial charge in [0.15, 0.2) is 0 Å². The van der Waals surface area contributed by atoms with Crippen LogP contribution in [0.25, 0.3) is 0 Å². The van der Waals surface area contributed by atoms with Gasteiger partial charge in [-0.05, 0) is 21.0 Å². The first kappa shape index (κ1) is 16.3. The molecule has 0 spiro atoms. The summed E-state index contributed by atoms with van der Waals surface area (Å²) < 4.78 is 50.4. The number of aliphatic hydroxyl groups is 1. The Hall–Kier alpha value is -0.660. The van der Waals surface area contributed by atoms with Crippen molar-refractivity contribution in [2.45, 2.75) is 12.2 Å². The van der Waals surface area contributed by atoms with Gasteiger partial charge in [-0.2, -0.15) is 8.78 Å². The summed E-state index contributed by atoms with van der Waals surface area (Å²) in [5.41, 5.74) is 0. The number of halogens is 3. The Morgan fingerprint density at radius 1 is 1.47 bits per heavy atom. The van der Waals surface area contributed by atoms with Crippen molar-refractivity contribution in [3.8, 4) is 0 Å². The molecule has 1 N–H and O–H groups in total. The third-order valence-electron chi connectivity index (χ3n) is 1.74. The molecule has 0 aromatic rings. The second kappa shape index (κ2) is 5.32. The Balaban J connectivity index is 5.71. The zero-order valence-electron chi connectivity index (χ0n) is 9.67. The standard InChI is InChI=1S/C9H14ClF2NO3S/c1-6(10)8(7(2)14)17(15,16)9(11,12)5-13(3)4/h14H,1,5H2,2-4H3/b8-7-. The van der Waals surface area contributed by atoms with Crippen LogP contribution in [-0.2, 0) is 9.84 Å². The summed E-state index contributed by atoms with van der Waals surface area (Å²) >= 11 is 5.33. The van der Waals surface area contributed by atoms with Gasteiger partial charge in [0.05, 0.1) is 11.6 Å². The monoisotopic (exact) mass is 289 g/mol. The first-order valence-electron chi connectivity index (χ1n) is 4.45. The fourth-order valence-corrected chi connectivity index (χ4v) is 2.99. The highest BCUT2D eigenvalue weighted by Gasteiger charge is 2.49. The second-order valence-corrected chi connectivity index (χ2v) is 6.17. The molecule has 0 unspecified atom stereocenters. The molecular weight excluding hydrogens is 276 g/mol. The van der Waals surface area contributed by atoms with Crippen LogP contribution in [0.1, 0.15) is 6.92 Å². The number of sulfone groups is 1. The summed E-state index contributed by atoms with van der Waals surface area (Å²) in [6, 6.07) is 0.